The van der Waals surface area contributed by atoms with E-state index in [2.05, 4.69) is 65.1 Å². The highest BCUT2D eigenvalue weighted by atomic mass is 16.2. The second-order valence-electron chi connectivity index (χ2n) is 11.6. The fourth-order valence-corrected chi connectivity index (χ4v) is 4.71. The number of hydrogen-bond acceptors (Lipinski definition) is 4. The van der Waals surface area contributed by atoms with Gasteiger partial charge in [0.15, 0.2) is 0 Å². The molecule has 3 rings (SSSR count). The number of piperidine rings is 1. The first-order valence-corrected chi connectivity index (χ1v) is 12.1. The van der Waals surface area contributed by atoms with Crippen LogP contribution in [0.25, 0.3) is 0 Å². The number of carbonyl (C=O) groups excluding carboxylic acids is 1. The normalized spacial score (nSPS) is 20.1. The van der Waals surface area contributed by atoms with E-state index in [1.54, 1.807) is 0 Å². The summed E-state index contributed by atoms with van der Waals surface area (Å²) in [5, 5.41) is 3.08. The summed E-state index contributed by atoms with van der Waals surface area (Å²) in [4.78, 5) is 19.7. The van der Waals surface area contributed by atoms with E-state index >= 15 is 0 Å². The molecule has 0 saturated carbocycles. The van der Waals surface area contributed by atoms with E-state index in [4.69, 9.17) is 0 Å². The lowest BCUT2D eigenvalue weighted by Gasteiger charge is -2.39. The Morgan fingerprint density at radius 2 is 1.45 bits per heavy atom. The molecule has 0 radical (unpaired) electrons. The average Bonchev–Trinajstić information content (AvgIpc) is 2.68. The van der Waals surface area contributed by atoms with Crippen LogP contribution in [0.5, 0.6) is 0 Å². The lowest BCUT2D eigenvalue weighted by atomic mass is 9.87. The van der Waals surface area contributed by atoms with Crippen molar-refractivity contribution < 1.29 is 4.79 Å². The van der Waals surface area contributed by atoms with E-state index < -0.39 is 0 Å². The van der Waals surface area contributed by atoms with Crippen molar-refractivity contribution >= 4 is 11.6 Å². The van der Waals surface area contributed by atoms with E-state index in [0.29, 0.717) is 6.54 Å². The van der Waals surface area contributed by atoms with Gasteiger partial charge in [-0.2, -0.15) is 0 Å². The molecule has 0 spiro atoms. The van der Waals surface area contributed by atoms with Gasteiger partial charge in [0.25, 0.3) is 0 Å². The van der Waals surface area contributed by atoms with Crippen molar-refractivity contribution in [3.63, 3.8) is 0 Å². The van der Waals surface area contributed by atoms with Gasteiger partial charge in [-0.25, -0.2) is 0 Å². The Labute approximate surface area is 190 Å². The number of nitrogens with one attached hydrogen (secondary N) is 1. The zero-order chi connectivity index (χ0) is 22.6. The van der Waals surface area contributed by atoms with Crippen molar-refractivity contribution in [2.45, 2.75) is 65.3 Å². The molecule has 5 nitrogen and oxygen atoms in total. The molecule has 31 heavy (non-hydrogen) atoms. The zero-order valence-electron chi connectivity index (χ0n) is 20.7. The molecule has 2 fully saturated rings. The minimum Gasteiger partial charge on any atom is -0.369 e. The molecule has 1 N–H and O–H groups in total. The van der Waals surface area contributed by atoms with Gasteiger partial charge in [0.05, 0.1) is 6.54 Å². The van der Waals surface area contributed by atoms with Gasteiger partial charge in [-0.3, -0.25) is 14.6 Å². The largest absolute Gasteiger partial charge is 0.369 e. The highest BCUT2D eigenvalue weighted by molar-refractivity contribution is 5.78. The summed E-state index contributed by atoms with van der Waals surface area (Å²) in [6.45, 7) is 21.3. The first kappa shape index (κ1) is 24.1. The van der Waals surface area contributed by atoms with E-state index in [1.165, 1.54) is 30.6 Å². The van der Waals surface area contributed by atoms with E-state index in [9.17, 15) is 4.79 Å². The number of anilines is 1. The van der Waals surface area contributed by atoms with Crippen molar-refractivity contribution in [1.82, 2.24) is 15.1 Å². The molecule has 0 aliphatic carbocycles. The summed E-state index contributed by atoms with van der Waals surface area (Å²) >= 11 is 0. The molecule has 0 aromatic heterocycles. The first-order chi connectivity index (χ1) is 14.5. The third kappa shape index (κ3) is 7.50. The molecule has 0 atom stereocenters. The smallest absolute Gasteiger partial charge is 0.234 e. The quantitative estimate of drug-likeness (QED) is 0.776. The highest BCUT2D eigenvalue weighted by Gasteiger charge is 2.25. The Bertz CT molecular complexity index is 700. The molecule has 1 aromatic carbocycles. The number of likely N-dealkylation sites (tertiary alicyclic amines) is 1. The Morgan fingerprint density at radius 3 is 1.97 bits per heavy atom. The predicted molar refractivity (Wildman–Crippen MR) is 131 cm³/mol. The fourth-order valence-electron chi connectivity index (χ4n) is 4.71. The number of amides is 1. The second-order valence-corrected chi connectivity index (χ2v) is 11.6. The van der Waals surface area contributed by atoms with Crippen LogP contribution < -0.4 is 10.2 Å². The van der Waals surface area contributed by atoms with Gasteiger partial charge in [0, 0.05) is 44.0 Å². The van der Waals surface area contributed by atoms with Crippen molar-refractivity contribution in [2.75, 3.05) is 57.3 Å². The molecule has 174 valence electrons. The van der Waals surface area contributed by atoms with Crippen LogP contribution in [-0.4, -0.2) is 73.6 Å². The first-order valence-electron chi connectivity index (χ1n) is 12.1. The van der Waals surface area contributed by atoms with Gasteiger partial charge in [-0.15, -0.1) is 0 Å². The maximum atomic E-state index is 12.2. The number of hydrogen-bond donors (Lipinski definition) is 1. The topological polar surface area (TPSA) is 38.8 Å². The van der Waals surface area contributed by atoms with E-state index in [1.807, 2.05) is 20.8 Å². The molecular weight excluding hydrogens is 384 g/mol. The lowest BCUT2D eigenvalue weighted by Crippen LogP contribution is -2.50. The maximum Gasteiger partial charge on any atom is 0.234 e. The number of piperazine rings is 1. The predicted octanol–water partition coefficient (Wildman–Crippen LogP) is 3.73. The van der Waals surface area contributed by atoms with Crippen LogP contribution in [0.3, 0.4) is 0 Å². The van der Waals surface area contributed by atoms with E-state index in [-0.39, 0.29) is 16.9 Å². The van der Waals surface area contributed by atoms with Gasteiger partial charge < -0.3 is 10.2 Å². The summed E-state index contributed by atoms with van der Waals surface area (Å²) in [6, 6.07) is 9.16. The molecular formula is C26H44N4O. The van der Waals surface area contributed by atoms with Crippen LogP contribution in [0, 0.1) is 5.92 Å². The summed E-state index contributed by atoms with van der Waals surface area (Å²) in [7, 11) is 0. The third-order valence-electron chi connectivity index (χ3n) is 6.58. The SMILES string of the molecule is CC(C)(C)NC(=O)CN1CCC(CN2CCN(c3ccc(C(C)(C)C)cc3)CC2)CC1. The van der Waals surface area contributed by atoms with Gasteiger partial charge in [0.1, 0.15) is 0 Å². The summed E-state index contributed by atoms with van der Waals surface area (Å²) in [5.74, 6) is 0.914. The van der Waals surface area contributed by atoms with Crippen molar-refractivity contribution in [2.24, 2.45) is 5.92 Å². The second kappa shape index (κ2) is 9.91. The molecule has 1 aromatic rings. The molecule has 5 heteroatoms. The highest BCUT2D eigenvalue weighted by Crippen LogP contribution is 2.26. The standard InChI is InChI=1S/C26H44N4O/c1-25(2,3)22-7-9-23(10-8-22)30-17-15-29(16-18-30)19-21-11-13-28(14-12-21)20-24(31)27-26(4,5)6/h7-10,21H,11-20H2,1-6H3,(H,27,31). The molecule has 2 aliphatic rings. The molecule has 2 saturated heterocycles. The number of nitrogens with zero attached hydrogens (tertiary/aromatic N) is 3. The molecule has 1 amide bonds. The lowest BCUT2D eigenvalue weighted by molar-refractivity contribution is -0.124. The van der Waals surface area contributed by atoms with Crippen molar-refractivity contribution in [3.05, 3.63) is 29.8 Å². The number of carbonyl (C=O) groups is 1. The van der Waals surface area contributed by atoms with Crippen LogP contribution in [0.2, 0.25) is 0 Å². The zero-order valence-corrected chi connectivity index (χ0v) is 20.7. The molecule has 0 bridgehead atoms. The minimum absolute atomic E-state index is 0.147. The van der Waals surface area contributed by atoms with Crippen LogP contribution in [0.4, 0.5) is 5.69 Å². The summed E-state index contributed by atoms with van der Waals surface area (Å²) < 4.78 is 0. The van der Waals surface area contributed by atoms with Crippen LogP contribution in [0.1, 0.15) is 59.9 Å². The van der Waals surface area contributed by atoms with Gasteiger partial charge in [-0.1, -0.05) is 32.9 Å². The monoisotopic (exact) mass is 428 g/mol. The molecule has 2 heterocycles. The van der Waals surface area contributed by atoms with Crippen LogP contribution in [0.15, 0.2) is 24.3 Å². The third-order valence-corrected chi connectivity index (χ3v) is 6.58. The summed E-state index contributed by atoms with van der Waals surface area (Å²) in [5.41, 5.74) is 2.82. The van der Waals surface area contributed by atoms with Crippen molar-refractivity contribution in [1.29, 1.82) is 0 Å². The fraction of sp³-hybridized carbons (Fsp3) is 0.731. The molecule has 2 aliphatic heterocycles. The molecule has 0 unspecified atom stereocenters. The van der Waals surface area contributed by atoms with Gasteiger partial charge >= 0.3 is 0 Å². The Hall–Kier alpha value is -1.59. The Balaban J connectivity index is 1.37. The maximum absolute atomic E-state index is 12.2. The van der Waals surface area contributed by atoms with Crippen molar-refractivity contribution in [3.8, 4) is 0 Å². The van der Waals surface area contributed by atoms with Gasteiger partial charge in [0.2, 0.25) is 5.91 Å². The number of benzene rings is 1. The minimum atomic E-state index is -0.147. The Morgan fingerprint density at radius 1 is 0.871 bits per heavy atom. The van der Waals surface area contributed by atoms with Gasteiger partial charge in [-0.05, 0) is 75.7 Å². The van der Waals surface area contributed by atoms with Crippen LogP contribution >= 0.6 is 0 Å². The average molecular weight is 429 g/mol. The number of rotatable bonds is 5. The van der Waals surface area contributed by atoms with E-state index in [0.717, 1.165) is 45.2 Å². The summed E-state index contributed by atoms with van der Waals surface area (Å²) in [6.07, 6.45) is 2.41. The Kier molecular flexibility index (Phi) is 7.69. The van der Waals surface area contributed by atoms with Crippen LogP contribution in [-0.2, 0) is 10.2 Å².